The fourth-order valence-corrected chi connectivity index (χ4v) is 4.12. The number of pyridine rings is 1. The summed E-state index contributed by atoms with van der Waals surface area (Å²) in [6.45, 7) is -2.70. The number of fused-ring (bicyclic) bond motifs is 2. The average Bonchev–Trinajstić information content (AvgIpc) is 3.18. The second kappa shape index (κ2) is 7.95. The predicted octanol–water partition coefficient (Wildman–Crippen LogP) is 4.91. The van der Waals surface area contributed by atoms with E-state index in [9.17, 15) is 8.78 Å². The van der Waals surface area contributed by atoms with Crippen molar-refractivity contribution in [1.82, 2.24) is 19.6 Å². The van der Waals surface area contributed by atoms with Crippen LogP contribution in [-0.4, -0.2) is 38.3 Å². The van der Waals surface area contributed by atoms with Gasteiger partial charge in [0.1, 0.15) is 0 Å². The Kier molecular flexibility index (Phi) is 5.00. The number of nitrogens with zero attached hydrogens (tertiary/aromatic N) is 4. The van der Waals surface area contributed by atoms with Crippen LogP contribution in [0.5, 0.6) is 0 Å². The number of alkyl halides is 2. The molecule has 5 rings (SSSR count). The lowest BCUT2D eigenvalue weighted by atomic mass is 9.93. The van der Waals surface area contributed by atoms with Crippen LogP contribution in [0.1, 0.15) is 25.7 Å². The van der Waals surface area contributed by atoms with Gasteiger partial charge in [-0.05, 0) is 55.5 Å². The number of benzene rings is 1. The molecular formula is C22H21F2N5O. The largest absolute Gasteiger partial charge is 0.350 e. The third kappa shape index (κ3) is 3.82. The summed E-state index contributed by atoms with van der Waals surface area (Å²) < 4.78 is 31.1. The average molecular weight is 409 g/mol. The van der Waals surface area contributed by atoms with Crippen molar-refractivity contribution in [3.63, 3.8) is 0 Å². The van der Waals surface area contributed by atoms with E-state index in [-0.39, 0.29) is 12.1 Å². The van der Waals surface area contributed by atoms with Crippen molar-refractivity contribution in [2.45, 2.75) is 44.4 Å². The van der Waals surface area contributed by atoms with Gasteiger partial charge in [-0.25, -0.2) is 9.50 Å². The smallest absolute Gasteiger partial charge is 0.345 e. The Bertz CT molecular complexity index is 1170. The summed E-state index contributed by atoms with van der Waals surface area (Å²) in [7, 11) is 0. The van der Waals surface area contributed by atoms with E-state index in [1.807, 2.05) is 41.2 Å². The lowest BCUT2D eigenvalue weighted by Gasteiger charge is -2.28. The molecule has 3 heterocycles. The zero-order valence-corrected chi connectivity index (χ0v) is 16.2. The topological polar surface area (TPSA) is 64.3 Å². The Balaban J connectivity index is 1.33. The van der Waals surface area contributed by atoms with Crippen molar-refractivity contribution in [3.05, 3.63) is 55.0 Å². The highest BCUT2D eigenvalue weighted by Gasteiger charge is 2.24. The lowest BCUT2D eigenvalue weighted by Crippen LogP contribution is -2.31. The van der Waals surface area contributed by atoms with Crippen molar-refractivity contribution in [3.8, 4) is 11.1 Å². The Morgan fingerprint density at radius 2 is 1.93 bits per heavy atom. The summed E-state index contributed by atoms with van der Waals surface area (Å²) >= 11 is 0. The molecule has 154 valence electrons. The van der Waals surface area contributed by atoms with Crippen molar-refractivity contribution in [2.75, 3.05) is 5.32 Å². The van der Waals surface area contributed by atoms with Gasteiger partial charge in [0.15, 0.2) is 0 Å². The number of anilines is 1. The molecule has 1 fully saturated rings. The van der Waals surface area contributed by atoms with Crippen molar-refractivity contribution in [1.29, 1.82) is 0 Å². The molecule has 1 aromatic carbocycles. The molecule has 0 amide bonds. The highest BCUT2D eigenvalue weighted by atomic mass is 19.3. The maximum absolute atomic E-state index is 12.3. The molecule has 8 heteroatoms. The van der Waals surface area contributed by atoms with Crippen molar-refractivity contribution < 1.29 is 13.5 Å². The minimum Gasteiger partial charge on any atom is -0.350 e. The molecule has 3 aromatic heterocycles. The number of ether oxygens (including phenoxy) is 1. The van der Waals surface area contributed by atoms with E-state index in [0.717, 1.165) is 40.4 Å². The monoisotopic (exact) mass is 409 g/mol. The minimum absolute atomic E-state index is 0.156. The zero-order chi connectivity index (χ0) is 20.5. The van der Waals surface area contributed by atoms with Crippen LogP contribution < -0.4 is 5.32 Å². The second-order valence-corrected chi connectivity index (χ2v) is 7.57. The van der Waals surface area contributed by atoms with E-state index in [0.29, 0.717) is 18.8 Å². The molecule has 1 aliphatic rings. The van der Waals surface area contributed by atoms with Crippen LogP contribution in [0.25, 0.3) is 27.5 Å². The van der Waals surface area contributed by atoms with Crippen molar-refractivity contribution >= 4 is 22.4 Å². The summed E-state index contributed by atoms with van der Waals surface area (Å²) in [5, 5.41) is 8.99. The van der Waals surface area contributed by atoms with Crippen LogP contribution in [0.15, 0.2) is 55.0 Å². The van der Waals surface area contributed by atoms with Gasteiger partial charge in [0, 0.05) is 29.4 Å². The second-order valence-electron chi connectivity index (χ2n) is 7.57. The van der Waals surface area contributed by atoms with Gasteiger partial charge in [-0.2, -0.15) is 8.78 Å². The molecule has 0 aliphatic heterocycles. The molecule has 0 spiro atoms. The van der Waals surface area contributed by atoms with Gasteiger partial charge in [-0.1, -0.05) is 12.1 Å². The van der Waals surface area contributed by atoms with Gasteiger partial charge in [-0.15, -0.1) is 5.10 Å². The van der Waals surface area contributed by atoms with Gasteiger partial charge in [0.05, 0.1) is 23.3 Å². The Labute approximate surface area is 171 Å². The number of halogens is 2. The van der Waals surface area contributed by atoms with E-state index in [1.54, 1.807) is 6.20 Å². The number of aromatic nitrogens is 4. The fourth-order valence-electron chi connectivity index (χ4n) is 4.12. The molecule has 0 saturated heterocycles. The molecule has 1 N–H and O–H groups in total. The van der Waals surface area contributed by atoms with Gasteiger partial charge >= 0.3 is 6.61 Å². The molecule has 0 atom stereocenters. The first kappa shape index (κ1) is 18.9. The van der Waals surface area contributed by atoms with Crippen LogP contribution >= 0.6 is 0 Å². The van der Waals surface area contributed by atoms with E-state index in [2.05, 4.69) is 37.3 Å². The predicted molar refractivity (Wildman–Crippen MR) is 110 cm³/mol. The third-order valence-corrected chi connectivity index (χ3v) is 5.63. The molecule has 1 aliphatic carbocycles. The van der Waals surface area contributed by atoms with E-state index < -0.39 is 6.61 Å². The van der Waals surface area contributed by atoms with Crippen LogP contribution in [0, 0.1) is 0 Å². The van der Waals surface area contributed by atoms with Gasteiger partial charge in [0.25, 0.3) is 0 Å². The Morgan fingerprint density at radius 1 is 1.07 bits per heavy atom. The lowest BCUT2D eigenvalue weighted by molar-refractivity contribution is -0.169. The first-order valence-corrected chi connectivity index (χ1v) is 10.1. The summed E-state index contributed by atoms with van der Waals surface area (Å²) in [6, 6.07) is 12.3. The highest BCUT2D eigenvalue weighted by Crippen LogP contribution is 2.29. The summed E-state index contributed by atoms with van der Waals surface area (Å²) in [4.78, 5) is 8.85. The van der Waals surface area contributed by atoms with Crippen LogP contribution in [0.4, 0.5) is 14.7 Å². The fraction of sp³-hybridized carbons (Fsp3) is 0.318. The van der Waals surface area contributed by atoms with E-state index >= 15 is 0 Å². The first-order valence-electron chi connectivity index (χ1n) is 10.1. The SMILES string of the molecule is FC(F)O[C@H]1CC[C@@H](Nc2ncc3c(-c4ccc5ncccc5c4)ccn3n2)CC1. The molecular weight excluding hydrogens is 388 g/mol. The normalized spacial score (nSPS) is 19.6. The summed E-state index contributed by atoms with van der Waals surface area (Å²) in [6.07, 6.45) is 7.86. The standard InChI is InChI=1S/C22H21F2N5O/c23-21(24)30-17-6-4-16(5-7-17)27-22-26-13-20-18(9-11-29(20)28-22)14-3-8-19-15(12-14)2-1-10-25-19/h1-3,8-13,16-17,21H,4-7H2,(H,27,28)/t16-,17+. The maximum atomic E-state index is 12.3. The molecule has 4 aromatic rings. The summed E-state index contributed by atoms with van der Waals surface area (Å²) in [5.74, 6) is 0.533. The first-order chi connectivity index (χ1) is 14.7. The van der Waals surface area contributed by atoms with Gasteiger partial charge < -0.3 is 10.1 Å². The number of nitrogens with one attached hydrogen (secondary N) is 1. The molecule has 30 heavy (non-hydrogen) atoms. The van der Waals surface area contributed by atoms with Crippen LogP contribution in [0.3, 0.4) is 0 Å². The highest BCUT2D eigenvalue weighted by molar-refractivity contribution is 5.88. The van der Waals surface area contributed by atoms with Crippen LogP contribution in [0.2, 0.25) is 0 Å². The molecule has 0 bridgehead atoms. The number of hydrogen-bond donors (Lipinski definition) is 1. The summed E-state index contributed by atoms with van der Waals surface area (Å²) in [5.41, 5.74) is 4.01. The van der Waals surface area contributed by atoms with Gasteiger partial charge in [0.2, 0.25) is 5.95 Å². The quantitative estimate of drug-likeness (QED) is 0.508. The third-order valence-electron chi connectivity index (χ3n) is 5.63. The molecule has 0 unspecified atom stereocenters. The molecule has 0 radical (unpaired) electrons. The number of hydrogen-bond acceptors (Lipinski definition) is 5. The minimum atomic E-state index is -2.70. The maximum Gasteiger partial charge on any atom is 0.345 e. The molecule has 1 saturated carbocycles. The van der Waals surface area contributed by atoms with E-state index in [1.165, 1.54) is 0 Å². The Hall–Kier alpha value is -3.13. The zero-order valence-electron chi connectivity index (χ0n) is 16.2. The van der Waals surface area contributed by atoms with E-state index in [4.69, 9.17) is 0 Å². The molecule has 6 nitrogen and oxygen atoms in total. The number of rotatable bonds is 5. The van der Waals surface area contributed by atoms with Crippen LogP contribution in [-0.2, 0) is 4.74 Å². The Morgan fingerprint density at radius 3 is 2.77 bits per heavy atom. The van der Waals surface area contributed by atoms with Crippen molar-refractivity contribution in [2.24, 2.45) is 0 Å². The van der Waals surface area contributed by atoms with Gasteiger partial charge in [-0.3, -0.25) is 4.98 Å².